The van der Waals surface area contributed by atoms with E-state index in [-0.39, 0.29) is 11.6 Å². The number of hydrogen-bond acceptors (Lipinski definition) is 2. The predicted octanol–water partition coefficient (Wildman–Crippen LogP) is 0.261. The molecule has 0 radical (unpaired) electrons. The van der Waals surface area contributed by atoms with Crippen LogP contribution >= 0.6 is 11.6 Å². The highest BCUT2D eigenvalue weighted by atomic mass is 35.5. The minimum absolute atomic E-state index is 0.0779. The molecule has 0 amide bonds. The van der Waals surface area contributed by atoms with Crippen molar-refractivity contribution in [3.8, 4) is 0 Å². The maximum atomic E-state index is 11.1. The van der Waals surface area contributed by atoms with Crippen LogP contribution in [0.25, 0.3) is 0 Å². The standard InChI is InChI=1S/C5H10ClNO2S/c6-2-5-10(8,9)7-3-1-4-7/h1-5H2. The molecule has 1 rings (SSSR count). The van der Waals surface area contributed by atoms with Crippen molar-refractivity contribution in [1.82, 2.24) is 4.31 Å². The Kier molecular flexibility index (Phi) is 2.55. The fourth-order valence-corrected chi connectivity index (χ4v) is 2.64. The van der Waals surface area contributed by atoms with Crippen molar-refractivity contribution in [2.45, 2.75) is 6.42 Å². The van der Waals surface area contributed by atoms with Gasteiger partial charge in [0.15, 0.2) is 0 Å². The maximum absolute atomic E-state index is 11.1. The SMILES string of the molecule is O=S(=O)(CCCl)N1CCC1. The molecule has 0 aromatic carbocycles. The fraction of sp³-hybridized carbons (Fsp3) is 1.00. The van der Waals surface area contributed by atoms with Crippen LogP contribution in [0.15, 0.2) is 0 Å². The third kappa shape index (κ3) is 1.62. The van der Waals surface area contributed by atoms with E-state index in [9.17, 15) is 8.42 Å². The summed E-state index contributed by atoms with van der Waals surface area (Å²) in [5.74, 6) is 0.271. The Hall–Kier alpha value is 0.200. The molecule has 0 aliphatic carbocycles. The second-order valence-electron chi connectivity index (χ2n) is 2.26. The van der Waals surface area contributed by atoms with Crippen LogP contribution in [0.5, 0.6) is 0 Å². The Morgan fingerprint density at radius 1 is 1.40 bits per heavy atom. The molecule has 0 aromatic heterocycles. The first kappa shape index (κ1) is 8.30. The van der Waals surface area contributed by atoms with E-state index in [2.05, 4.69) is 0 Å². The van der Waals surface area contributed by atoms with Crippen molar-refractivity contribution in [2.24, 2.45) is 0 Å². The molecule has 0 saturated carbocycles. The van der Waals surface area contributed by atoms with E-state index in [0.29, 0.717) is 13.1 Å². The third-order valence-electron chi connectivity index (χ3n) is 1.54. The summed E-state index contributed by atoms with van der Waals surface area (Å²) in [5.41, 5.74) is 0. The molecule has 1 aliphatic rings. The molecule has 0 spiro atoms. The van der Waals surface area contributed by atoms with Gasteiger partial charge >= 0.3 is 0 Å². The van der Waals surface area contributed by atoms with E-state index in [4.69, 9.17) is 11.6 Å². The first-order valence-electron chi connectivity index (χ1n) is 3.20. The largest absolute Gasteiger partial charge is 0.215 e. The number of sulfonamides is 1. The second-order valence-corrected chi connectivity index (χ2v) is 4.72. The van der Waals surface area contributed by atoms with Gasteiger partial charge in [-0.1, -0.05) is 0 Å². The summed E-state index contributed by atoms with van der Waals surface area (Å²) in [6, 6.07) is 0. The number of alkyl halides is 1. The molecule has 5 heteroatoms. The molecule has 1 saturated heterocycles. The molecule has 10 heavy (non-hydrogen) atoms. The quantitative estimate of drug-likeness (QED) is 0.589. The summed E-state index contributed by atoms with van der Waals surface area (Å²) in [7, 11) is -2.97. The normalized spacial score (nSPS) is 20.5. The Balaban J connectivity index is 2.50. The summed E-state index contributed by atoms with van der Waals surface area (Å²) in [6.07, 6.45) is 0.988. The summed E-state index contributed by atoms with van der Waals surface area (Å²) in [5, 5.41) is 0. The molecule has 0 aromatic rings. The van der Waals surface area contributed by atoms with Crippen molar-refractivity contribution in [1.29, 1.82) is 0 Å². The average Bonchev–Trinajstić information content (AvgIpc) is 1.56. The van der Waals surface area contributed by atoms with Crippen LogP contribution in [0, 0.1) is 0 Å². The molecule has 0 atom stereocenters. The van der Waals surface area contributed by atoms with E-state index in [1.54, 1.807) is 0 Å². The number of nitrogens with zero attached hydrogens (tertiary/aromatic N) is 1. The molecule has 1 fully saturated rings. The molecule has 3 nitrogen and oxygen atoms in total. The highest BCUT2D eigenvalue weighted by Gasteiger charge is 2.26. The van der Waals surface area contributed by atoms with Crippen molar-refractivity contribution in [3.05, 3.63) is 0 Å². The second kappa shape index (κ2) is 3.07. The maximum Gasteiger partial charge on any atom is 0.215 e. The molecule has 1 aliphatic heterocycles. The summed E-state index contributed by atoms with van der Waals surface area (Å²) >= 11 is 5.31. The van der Waals surface area contributed by atoms with Crippen molar-refractivity contribution < 1.29 is 8.42 Å². The van der Waals surface area contributed by atoms with Crippen LogP contribution in [-0.4, -0.2) is 37.4 Å². The Morgan fingerprint density at radius 3 is 2.30 bits per heavy atom. The number of halogens is 1. The zero-order chi connectivity index (χ0) is 7.61. The zero-order valence-electron chi connectivity index (χ0n) is 5.59. The van der Waals surface area contributed by atoms with Crippen LogP contribution in [0.4, 0.5) is 0 Å². The molecular weight excluding hydrogens is 174 g/mol. The lowest BCUT2D eigenvalue weighted by atomic mass is 10.3. The Labute approximate surface area is 66.0 Å². The lowest BCUT2D eigenvalue weighted by Gasteiger charge is -2.29. The van der Waals surface area contributed by atoms with Gasteiger partial charge in [-0.2, -0.15) is 0 Å². The van der Waals surface area contributed by atoms with Gasteiger partial charge in [0, 0.05) is 19.0 Å². The Morgan fingerprint density at radius 2 is 2.00 bits per heavy atom. The summed E-state index contributed by atoms with van der Waals surface area (Å²) in [4.78, 5) is 0. The summed E-state index contributed by atoms with van der Waals surface area (Å²) in [6.45, 7) is 1.36. The van der Waals surface area contributed by atoms with Crippen LogP contribution in [-0.2, 0) is 10.0 Å². The van der Waals surface area contributed by atoms with Gasteiger partial charge in [0.05, 0.1) is 5.75 Å². The minimum Gasteiger partial charge on any atom is -0.212 e. The van der Waals surface area contributed by atoms with Crippen molar-refractivity contribution >= 4 is 21.6 Å². The predicted molar refractivity (Wildman–Crippen MR) is 40.7 cm³/mol. The first-order valence-corrected chi connectivity index (χ1v) is 5.35. The van der Waals surface area contributed by atoms with Gasteiger partial charge in [-0.15, -0.1) is 11.6 Å². The van der Waals surface area contributed by atoms with Gasteiger partial charge in [-0.25, -0.2) is 12.7 Å². The zero-order valence-corrected chi connectivity index (χ0v) is 7.16. The number of hydrogen-bond donors (Lipinski definition) is 0. The van der Waals surface area contributed by atoms with Crippen LogP contribution in [0.1, 0.15) is 6.42 Å². The highest BCUT2D eigenvalue weighted by Crippen LogP contribution is 2.12. The van der Waals surface area contributed by atoms with E-state index in [1.807, 2.05) is 0 Å². The third-order valence-corrected chi connectivity index (χ3v) is 3.83. The average molecular weight is 184 g/mol. The molecule has 60 valence electrons. The van der Waals surface area contributed by atoms with Crippen LogP contribution in [0.3, 0.4) is 0 Å². The number of rotatable bonds is 3. The van der Waals surface area contributed by atoms with E-state index in [0.717, 1.165) is 6.42 Å². The van der Waals surface area contributed by atoms with Gasteiger partial charge < -0.3 is 0 Å². The molecule has 0 bridgehead atoms. The van der Waals surface area contributed by atoms with Crippen molar-refractivity contribution in [2.75, 3.05) is 24.7 Å². The first-order chi connectivity index (χ1) is 4.67. The van der Waals surface area contributed by atoms with Gasteiger partial charge in [-0.05, 0) is 6.42 Å². The van der Waals surface area contributed by atoms with Gasteiger partial charge in [-0.3, -0.25) is 0 Å². The van der Waals surface area contributed by atoms with E-state index in [1.165, 1.54) is 4.31 Å². The molecular formula is C5H10ClNO2S. The Bertz CT molecular complexity index is 198. The monoisotopic (exact) mass is 183 g/mol. The topological polar surface area (TPSA) is 37.4 Å². The molecule has 0 unspecified atom stereocenters. The van der Waals surface area contributed by atoms with Gasteiger partial charge in [0.25, 0.3) is 0 Å². The van der Waals surface area contributed by atoms with E-state index >= 15 is 0 Å². The minimum atomic E-state index is -2.97. The van der Waals surface area contributed by atoms with Crippen molar-refractivity contribution in [3.63, 3.8) is 0 Å². The van der Waals surface area contributed by atoms with Gasteiger partial charge in [0.1, 0.15) is 0 Å². The van der Waals surface area contributed by atoms with E-state index < -0.39 is 10.0 Å². The van der Waals surface area contributed by atoms with Crippen LogP contribution in [0.2, 0.25) is 0 Å². The fourth-order valence-electron chi connectivity index (χ4n) is 0.792. The molecule has 0 N–H and O–H groups in total. The lowest BCUT2D eigenvalue weighted by Crippen LogP contribution is -2.43. The van der Waals surface area contributed by atoms with Crippen LogP contribution < -0.4 is 0 Å². The van der Waals surface area contributed by atoms with Gasteiger partial charge in [0.2, 0.25) is 10.0 Å². The highest BCUT2D eigenvalue weighted by molar-refractivity contribution is 7.89. The lowest BCUT2D eigenvalue weighted by molar-refractivity contribution is 0.310. The summed E-state index contributed by atoms with van der Waals surface area (Å²) < 4.78 is 23.6. The smallest absolute Gasteiger partial charge is 0.212 e. The molecule has 1 heterocycles.